The van der Waals surface area contributed by atoms with Crippen molar-refractivity contribution in [3.05, 3.63) is 35.9 Å². The molecule has 2 aliphatic heterocycles. The van der Waals surface area contributed by atoms with Gasteiger partial charge in [-0.05, 0) is 43.6 Å². The van der Waals surface area contributed by atoms with Crippen molar-refractivity contribution in [3.8, 4) is 0 Å². The lowest BCUT2D eigenvalue weighted by molar-refractivity contribution is -0.0636. The van der Waals surface area contributed by atoms with Crippen LogP contribution in [0.25, 0.3) is 0 Å². The zero-order valence-electron chi connectivity index (χ0n) is 15.5. The number of hydrogen-bond donors (Lipinski definition) is 1. The van der Waals surface area contributed by atoms with Crippen LogP contribution in [-0.4, -0.2) is 33.8 Å². The molecule has 4 heteroatoms. The predicted molar refractivity (Wildman–Crippen MR) is 98.1 cm³/mol. The quantitative estimate of drug-likeness (QED) is 0.825. The van der Waals surface area contributed by atoms with Gasteiger partial charge in [-0.1, -0.05) is 57.0 Å². The molecule has 2 aliphatic rings. The Morgan fingerprint density at radius 2 is 1.80 bits per heavy atom. The largest absolute Gasteiger partial charge is 0.445 e. The monoisotopic (exact) mass is 345 g/mol. The highest BCUT2D eigenvalue weighted by atomic mass is 16.6. The molecule has 1 N–H and O–H groups in total. The van der Waals surface area contributed by atoms with Crippen LogP contribution in [0.2, 0.25) is 0 Å². The lowest BCUT2D eigenvalue weighted by Gasteiger charge is -2.44. The van der Waals surface area contributed by atoms with Crippen LogP contribution >= 0.6 is 0 Å². The Kier molecular flexibility index (Phi) is 5.67. The molecule has 4 nitrogen and oxygen atoms in total. The summed E-state index contributed by atoms with van der Waals surface area (Å²) in [6.45, 7) is 4.71. The van der Waals surface area contributed by atoms with Crippen molar-refractivity contribution in [1.82, 2.24) is 4.90 Å². The first-order valence-corrected chi connectivity index (χ1v) is 9.76. The molecule has 2 fully saturated rings. The molecule has 2 atom stereocenters. The van der Waals surface area contributed by atoms with Crippen molar-refractivity contribution in [3.63, 3.8) is 0 Å². The van der Waals surface area contributed by atoms with Crippen LogP contribution in [0.15, 0.2) is 30.3 Å². The molecule has 0 saturated carbocycles. The first-order chi connectivity index (χ1) is 12.0. The number of carbonyl (C=O) groups is 1. The molecule has 2 bridgehead atoms. The third kappa shape index (κ3) is 4.17. The van der Waals surface area contributed by atoms with Crippen LogP contribution in [-0.2, 0) is 11.3 Å². The van der Waals surface area contributed by atoms with E-state index < -0.39 is 5.60 Å². The van der Waals surface area contributed by atoms with E-state index >= 15 is 0 Å². The topological polar surface area (TPSA) is 49.8 Å². The van der Waals surface area contributed by atoms with Gasteiger partial charge in [-0.15, -0.1) is 0 Å². The van der Waals surface area contributed by atoms with Crippen LogP contribution in [0.1, 0.15) is 64.4 Å². The molecule has 2 unspecified atom stereocenters. The second kappa shape index (κ2) is 7.77. The van der Waals surface area contributed by atoms with E-state index in [4.69, 9.17) is 4.74 Å². The summed E-state index contributed by atoms with van der Waals surface area (Å²) in [7, 11) is 0. The first-order valence-electron chi connectivity index (χ1n) is 9.76. The Balaban J connectivity index is 1.59. The van der Waals surface area contributed by atoms with E-state index in [1.807, 2.05) is 35.2 Å². The fourth-order valence-corrected chi connectivity index (χ4v) is 4.70. The third-order valence-electron chi connectivity index (χ3n) is 6.09. The van der Waals surface area contributed by atoms with E-state index in [0.29, 0.717) is 25.4 Å². The molecular formula is C21H31NO3. The number of fused-ring (bicyclic) bond motifs is 2. The van der Waals surface area contributed by atoms with Crippen molar-refractivity contribution in [2.45, 2.75) is 83.1 Å². The van der Waals surface area contributed by atoms with Crippen molar-refractivity contribution in [1.29, 1.82) is 0 Å². The number of hydrogen-bond acceptors (Lipinski definition) is 3. The van der Waals surface area contributed by atoms with Crippen molar-refractivity contribution in [2.75, 3.05) is 0 Å². The van der Waals surface area contributed by atoms with Gasteiger partial charge in [0.1, 0.15) is 6.61 Å². The first kappa shape index (κ1) is 18.2. The van der Waals surface area contributed by atoms with Gasteiger partial charge in [-0.3, -0.25) is 0 Å². The number of ether oxygens (including phenoxy) is 1. The summed E-state index contributed by atoms with van der Waals surface area (Å²) in [5.74, 6) is 0.570. The number of carbonyl (C=O) groups excluding carboxylic acids is 1. The minimum Gasteiger partial charge on any atom is -0.445 e. The second-order valence-electron chi connectivity index (χ2n) is 7.85. The third-order valence-corrected chi connectivity index (χ3v) is 6.09. The minimum absolute atomic E-state index is 0.126. The Bertz CT molecular complexity index is 556. The lowest BCUT2D eigenvalue weighted by atomic mass is 9.78. The van der Waals surface area contributed by atoms with Crippen LogP contribution in [0.5, 0.6) is 0 Å². The molecule has 1 aromatic carbocycles. The molecule has 2 heterocycles. The molecular weight excluding hydrogens is 314 g/mol. The molecule has 0 spiro atoms. The zero-order chi connectivity index (χ0) is 17.9. The van der Waals surface area contributed by atoms with Gasteiger partial charge in [0, 0.05) is 12.1 Å². The number of nitrogens with zero attached hydrogens (tertiary/aromatic N) is 1. The average Bonchev–Trinajstić information content (AvgIpc) is 2.91. The number of amides is 1. The van der Waals surface area contributed by atoms with Gasteiger partial charge in [-0.2, -0.15) is 0 Å². The van der Waals surface area contributed by atoms with Gasteiger partial charge in [-0.25, -0.2) is 4.79 Å². The molecule has 1 aromatic rings. The number of benzene rings is 1. The maximum atomic E-state index is 12.6. The molecule has 2 saturated heterocycles. The Labute approximate surface area is 151 Å². The van der Waals surface area contributed by atoms with Gasteiger partial charge in [0.05, 0.1) is 5.60 Å². The van der Waals surface area contributed by atoms with Crippen LogP contribution in [0.4, 0.5) is 4.79 Å². The molecule has 1 amide bonds. The van der Waals surface area contributed by atoms with Gasteiger partial charge in [0.25, 0.3) is 0 Å². The maximum absolute atomic E-state index is 12.6. The number of rotatable bonds is 6. The van der Waals surface area contributed by atoms with Gasteiger partial charge >= 0.3 is 6.09 Å². The fraction of sp³-hybridized carbons (Fsp3) is 0.667. The molecule has 0 aromatic heterocycles. The molecule has 0 radical (unpaired) electrons. The predicted octanol–water partition coefficient (Wildman–Crippen LogP) is 4.51. The summed E-state index contributed by atoms with van der Waals surface area (Å²) in [5, 5.41) is 11.1. The zero-order valence-corrected chi connectivity index (χ0v) is 15.5. The van der Waals surface area contributed by atoms with E-state index in [0.717, 1.165) is 37.7 Å². The van der Waals surface area contributed by atoms with Crippen LogP contribution in [0.3, 0.4) is 0 Å². The smallest absolute Gasteiger partial charge is 0.410 e. The lowest BCUT2D eigenvalue weighted by Crippen LogP contribution is -2.53. The van der Waals surface area contributed by atoms with Crippen molar-refractivity contribution < 1.29 is 14.6 Å². The normalized spacial score (nSPS) is 28.4. The van der Waals surface area contributed by atoms with Crippen molar-refractivity contribution in [2.24, 2.45) is 5.92 Å². The average molecular weight is 345 g/mol. The van der Waals surface area contributed by atoms with E-state index in [9.17, 15) is 9.90 Å². The SMILES string of the molecule is CCC(CC)CC1(O)CC2CCC(C1)N2C(=O)OCc1ccccc1. The number of aliphatic hydroxyl groups is 1. The summed E-state index contributed by atoms with van der Waals surface area (Å²) < 4.78 is 5.55. The highest BCUT2D eigenvalue weighted by molar-refractivity contribution is 5.69. The van der Waals surface area contributed by atoms with Crippen LogP contribution in [0, 0.1) is 5.92 Å². The Morgan fingerprint density at radius 1 is 1.20 bits per heavy atom. The Hall–Kier alpha value is -1.55. The number of piperidine rings is 1. The van der Waals surface area contributed by atoms with E-state index in [1.54, 1.807) is 0 Å². The summed E-state index contributed by atoms with van der Waals surface area (Å²) >= 11 is 0. The molecule has 3 rings (SSSR count). The Morgan fingerprint density at radius 3 is 2.36 bits per heavy atom. The molecule has 0 aliphatic carbocycles. The van der Waals surface area contributed by atoms with Gasteiger partial charge in [0.2, 0.25) is 0 Å². The van der Waals surface area contributed by atoms with Crippen LogP contribution < -0.4 is 0 Å². The second-order valence-corrected chi connectivity index (χ2v) is 7.85. The summed E-state index contributed by atoms with van der Waals surface area (Å²) in [5.41, 5.74) is 0.393. The molecule has 138 valence electrons. The fourth-order valence-electron chi connectivity index (χ4n) is 4.70. The van der Waals surface area contributed by atoms with E-state index in [2.05, 4.69) is 13.8 Å². The van der Waals surface area contributed by atoms with Crippen molar-refractivity contribution >= 4 is 6.09 Å². The highest BCUT2D eigenvalue weighted by Crippen LogP contribution is 2.44. The van der Waals surface area contributed by atoms with E-state index in [1.165, 1.54) is 0 Å². The van der Waals surface area contributed by atoms with Gasteiger partial charge < -0.3 is 14.7 Å². The molecule has 25 heavy (non-hydrogen) atoms. The van der Waals surface area contributed by atoms with Gasteiger partial charge in [0.15, 0.2) is 0 Å². The maximum Gasteiger partial charge on any atom is 0.410 e. The standard InChI is InChI=1S/C21H31NO3/c1-3-16(4-2)12-21(24)13-18-10-11-19(14-21)22(18)20(23)25-15-17-8-6-5-7-9-17/h5-9,16,18-19,24H,3-4,10-15H2,1-2H3. The summed E-state index contributed by atoms with van der Waals surface area (Å²) in [4.78, 5) is 14.5. The summed E-state index contributed by atoms with van der Waals surface area (Å²) in [6.07, 6.45) is 6.21. The highest BCUT2D eigenvalue weighted by Gasteiger charge is 2.50. The minimum atomic E-state index is -0.612. The van der Waals surface area contributed by atoms with E-state index in [-0.39, 0.29) is 18.2 Å². The summed E-state index contributed by atoms with van der Waals surface area (Å²) in [6, 6.07) is 10.0.